The van der Waals surface area contributed by atoms with Crippen LogP contribution in [0.5, 0.6) is 0 Å². The predicted molar refractivity (Wildman–Crippen MR) is 106 cm³/mol. The summed E-state index contributed by atoms with van der Waals surface area (Å²) in [6, 6.07) is 10.7. The number of amidine groups is 1. The van der Waals surface area contributed by atoms with E-state index in [0.717, 1.165) is 23.5 Å². The minimum absolute atomic E-state index is 0.0498. The Hall–Kier alpha value is -2.72. The zero-order valence-electron chi connectivity index (χ0n) is 15.5. The van der Waals surface area contributed by atoms with Crippen LogP contribution in [0.3, 0.4) is 0 Å². The van der Waals surface area contributed by atoms with Crippen molar-refractivity contribution in [1.29, 1.82) is 0 Å². The molecule has 2 aliphatic rings. The maximum atomic E-state index is 4.86. The number of hydrogen-bond donors (Lipinski definition) is 2. The smallest absolute Gasteiger partial charge is 0.136 e. The van der Waals surface area contributed by atoms with E-state index in [4.69, 9.17) is 4.99 Å². The molecule has 2 unspecified atom stereocenters. The molecule has 0 saturated carbocycles. The van der Waals surface area contributed by atoms with Gasteiger partial charge in [0.2, 0.25) is 0 Å². The molecule has 26 heavy (non-hydrogen) atoms. The Kier molecular flexibility index (Phi) is 4.43. The van der Waals surface area contributed by atoms with Crippen LogP contribution in [0.25, 0.3) is 0 Å². The van der Waals surface area contributed by atoms with Crippen LogP contribution in [0.2, 0.25) is 0 Å². The Balaban J connectivity index is 1.69. The summed E-state index contributed by atoms with van der Waals surface area (Å²) in [5, 5.41) is 6.84. The highest BCUT2D eigenvalue weighted by Crippen LogP contribution is 2.34. The first kappa shape index (κ1) is 16.7. The third kappa shape index (κ3) is 3.08. The molecule has 0 saturated heterocycles. The fourth-order valence-corrected chi connectivity index (χ4v) is 3.79. The second-order valence-corrected chi connectivity index (χ2v) is 6.98. The minimum atomic E-state index is -0.0498. The van der Waals surface area contributed by atoms with Crippen molar-refractivity contribution in [2.45, 2.75) is 32.4 Å². The van der Waals surface area contributed by atoms with Crippen molar-refractivity contribution in [3.63, 3.8) is 0 Å². The number of fused-ring (bicyclic) bond motifs is 1. The molecule has 2 N–H and O–H groups in total. The molecule has 0 spiro atoms. The van der Waals surface area contributed by atoms with Crippen molar-refractivity contribution in [3.8, 4) is 0 Å². The van der Waals surface area contributed by atoms with Crippen molar-refractivity contribution < 1.29 is 0 Å². The molecule has 0 amide bonds. The summed E-state index contributed by atoms with van der Waals surface area (Å²) in [5.74, 6) is 1.26. The fraction of sp³-hybridized carbons (Fsp3) is 0.273. The summed E-state index contributed by atoms with van der Waals surface area (Å²) >= 11 is 0. The largest absolute Gasteiger partial charge is 0.340 e. The summed E-state index contributed by atoms with van der Waals surface area (Å²) in [6.45, 7) is 4.35. The summed E-state index contributed by atoms with van der Waals surface area (Å²) in [4.78, 5) is 9.07. The summed E-state index contributed by atoms with van der Waals surface area (Å²) < 4.78 is 0. The monoisotopic (exact) mass is 344 g/mol. The van der Waals surface area contributed by atoms with Crippen LogP contribution in [0.1, 0.15) is 34.6 Å². The van der Waals surface area contributed by atoms with Gasteiger partial charge in [0.1, 0.15) is 12.0 Å². The van der Waals surface area contributed by atoms with Crippen molar-refractivity contribution in [1.82, 2.24) is 15.6 Å². The number of aromatic nitrogens is 1. The highest BCUT2D eigenvalue weighted by molar-refractivity contribution is 6.01. The van der Waals surface area contributed by atoms with Crippen LogP contribution in [0.15, 0.2) is 71.1 Å². The lowest BCUT2D eigenvalue weighted by molar-refractivity contribution is 0.629. The lowest BCUT2D eigenvalue weighted by Crippen LogP contribution is -2.41. The Labute approximate surface area is 154 Å². The Bertz CT molecular complexity index is 909. The fourth-order valence-electron chi connectivity index (χ4n) is 3.79. The molecule has 132 valence electrons. The van der Waals surface area contributed by atoms with E-state index in [2.05, 4.69) is 59.8 Å². The number of rotatable bonds is 3. The van der Waals surface area contributed by atoms with Gasteiger partial charge in [0, 0.05) is 35.1 Å². The third-order valence-electron chi connectivity index (χ3n) is 5.11. The van der Waals surface area contributed by atoms with Crippen LogP contribution in [0, 0.1) is 13.8 Å². The van der Waals surface area contributed by atoms with Gasteiger partial charge in [-0.3, -0.25) is 10.3 Å². The molecular weight excluding hydrogens is 320 g/mol. The quantitative estimate of drug-likeness (QED) is 0.894. The van der Waals surface area contributed by atoms with Gasteiger partial charge in [0.15, 0.2) is 0 Å². The van der Waals surface area contributed by atoms with Crippen molar-refractivity contribution in [3.05, 3.63) is 88.4 Å². The number of allylic oxidation sites excluding steroid dienone is 2. The normalized spacial score (nSPS) is 21.9. The average molecular weight is 344 g/mol. The number of nitrogens with one attached hydrogen (secondary N) is 2. The number of hydrogen-bond acceptors (Lipinski definition) is 4. The Morgan fingerprint density at radius 3 is 2.81 bits per heavy atom. The van der Waals surface area contributed by atoms with E-state index in [0.29, 0.717) is 5.92 Å². The lowest BCUT2D eigenvalue weighted by atomic mass is 9.84. The van der Waals surface area contributed by atoms with Gasteiger partial charge in [-0.1, -0.05) is 35.9 Å². The number of pyridine rings is 1. The Morgan fingerprint density at radius 2 is 2.08 bits per heavy atom. The first-order valence-electron chi connectivity index (χ1n) is 9.07. The zero-order chi connectivity index (χ0) is 18.1. The average Bonchev–Trinajstić information content (AvgIpc) is 2.67. The van der Waals surface area contributed by atoms with Crippen LogP contribution >= 0.6 is 0 Å². The summed E-state index contributed by atoms with van der Waals surface area (Å²) in [6.07, 6.45) is 9.23. The molecule has 0 radical (unpaired) electrons. The summed E-state index contributed by atoms with van der Waals surface area (Å²) in [7, 11) is 1.96. The van der Waals surface area contributed by atoms with Gasteiger partial charge in [0.05, 0.1) is 0 Å². The number of aliphatic imine (C=N–C) groups is 1. The summed E-state index contributed by atoms with van der Waals surface area (Å²) in [5.41, 5.74) is 7.44. The van der Waals surface area contributed by atoms with Crippen molar-refractivity contribution in [2.24, 2.45) is 4.99 Å². The van der Waals surface area contributed by atoms with Crippen molar-refractivity contribution in [2.75, 3.05) is 7.05 Å². The van der Waals surface area contributed by atoms with E-state index in [9.17, 15) is 0 Å². The standard InChI is InChI=1S/C22H24N4/c1-14-6-8-18(15(2)11-14)16-7-9-20-19(12-16)22(23-3)26-21(25-20)17-5-4-10-24-13-17/h4-6,8-13,16,22-23H,7H2,1-3H3,(H,25,26). The van der Waals surface area contributed by atoms with Gasteiger partial charge < -0.3 is 5.32 Å². The lowest BCUT2D eigenvalue weighted by Gasteiger charge is -2.32. The van der Waals surface area contributed by atoms with Crippen LogP contribution in [-0.4, -0.2) is 24.0 Å². The predicted octanol–water partition coefficient (Wildman–Crippen LogP) is 3.59. The van der Waals surface area contributed by atoms with Crippen LogP contribution in [-0.2, 0) is 0 Å². The third-order valence-corrected chi connectivity index (χ3v) is 5.11. The van der Waals surface area contributed by atoms with Gasteiger partial charge in [-0.2, -0.15) is 0 Å². The Morgan fingerprint density at radius 1 is 1.19 bits per heavy atom. The zero-order valence-corrected chi connectivity index (χ0v) is 15.5. The van der Waals surface area contributed by atoms with Crippen molar-refractivity contribution >= 4 is 5.84 Å². The number of benzene rings is 1. The molecule has 2 atom stereocenters. The molecule has 0 fully saturated rings. The van der Waals surface area contributed by atoms with E-state index >= 15 is 0 Å². The molecule has 1 aliphatic carbocycles. The first-order valence-corrected chi connectivity index (χ1v) is 9.07. The van der Waals surface area contributed by atoms with Crippen LogP contribution < -0.4 is 10.6 Å². The molecule has 4 heteroatoms. The molecular formula is C22H24N4. The van der Waals surface area contributed by atoms with E-state index in [1.807, 2.05) is 25.4 Å². The molecule has 2 heterocycles. The van der Waals surface area contributed by atoms with E-state index < -0.39 is 0 Å². The molecule has 4 nitrogen and oxygen atoms in total. The van der Waals surface area contributed by atoms with Gasteiger partial charge in [-0.15, -0.1) is 0 Å². The van der Waals surface area contributed by atoms with E-state index in [-0.39, 0.29) is 6.17 Å². The highest BCUT2D eigenvalue weighted by atomic mass is 15.2. The molecule has 2 aromatic rings. The minimum Gasteiger partial charge on any atom is -0.340 e. The van der Waals surface area contributed by atoms with E-state index in [1.54, 1.807) is 6.20 Å². The van der Waals surface area contributed by atoms with Gasteiger partial charge in [-0.25, -0.2) is 4.99 Å². The maximum Gasteiger partial charge on any atom is 0.136 e. The molecule has 1 aliphatic heterocycles. The number of aryl methyl sites for hydroxylation is 2. The second kappa shape index (κ2) is 6.89. The SMILES string of the molecule is CNC1N=C(c2cccnc2)NC2=CCC(c3ccc(C)cc3C)C=C21. The van der Waals surface area contributed by atoms with Gasteiger partial charge in [0.25, 0.3) is 0 Å². The molecule has 0 bridgehead atoms. The molecule has 4 rings (SSSR count). The topological polar surface area (TPSA) is 49.3 Å². The van der Waals surface area contributed by atoms with Crippen LogP contribution in [0.4, 0.5) is 0 Å². The van der Waals surface area contributed by atoms with Gasteiger partial charge in [-0.05, 0) is 50.6 Å². The highest BCUT2D eigenvalue weighted by Gasteiger charge is 2.28. The second-order valence-electron chi connectivity index (χ2n) is 6.98. The first-order chi connectivity index (χ1) is 12.7. The molecule has 1 aromatic heterocycles. The number of likely N-dealkylation sites (N-methyl/N-ethyl adjacent to an activating group) is 1. The van der Waals surface area contributed by atoms with Gasteiger partial charge >= 0.3 is 0 Å². The maximum absolute atomic E-state index is 4.86. The molecule has 1 aromatic carbocycles. The number of nitrogens with zero attached hydrogens (tertiary/aromatic N) is 2. The van der Waals surface area contributed by atoms with E-state index in [1.165, 1.54) is 22.3 Å².